The van der Waals surface area contributed by atoms with Gasteiger partial charge in [-0.1, -0.05) is 11.6 Å². The van der Waals surface area contributed by atoms with E-state index in [-0.39, 0.29) is 6.10 Å². The third-order valence-electron chi connectivity index (χ3n) is 2.64. The van der Waals surface area contributed by atoms with Gasteiger partial charge >= 0.3 is 0 Å². The number of rotatable bonds is 2. The van der Waals surface area contributed by atoms with Crippen molar-refractivity contribution in [2.24, 2.45) is 0 Å². The topological polar surface area (TPSA) is 45.0 Å². The van der Waals surface area contributed by atoms with Crippen molar-refractivity contribution in [1.29, 1.82) is 5.26 Å². The molecular formula is C12H13ClN2O. The van der Waals surface area contributed by atoms with Crippen LogP contribution in [0, 0.1) is 11.3 Å². The van der Waals surface area contributed by atoms with Gasteiger partial charge in [0.2, 0.25) is 0 Å². The molecule has 0 bridgehead atoms. The molecule has 1 fully saturated rings. The van der Waals surface area contributed by atoms with Gasteiger partial charge in [-0.25, -0.2) is 0 Å². The van der Waals surface area contributed by atoms with Crippen LogP contribution in [0.15, 0.2) is 18.2 Å². The Morgan fingerprint density at radius 2 is 2.12 bits per heavy atom. The Hall–Kier alpha value is -1.24. The van der Waals surface area contributed by atoms with Gasteiger partial charge in [0, 0.05) is 5.02 Å². The van der Waals surface area contributed by atoms with Crippen LogP contribution in [0.4, 0.5) is 0 Å². The molecule has 16 heavy (non-hydrogen) atoms. The molecule has 0 saturated carbocycles. The molecule has 0 spiro atoms. The van der Waals surface area contributed by atoms with Crippen molar-refractivity contribution in [3.8, 4) is 11.8 Å². The Labute approximate surface area is 100.0 Å². The van der Waals surface area contributed by atoms with E-state index in [1.165, 1.54) is 0 Å². The van der Waals surface area contributed by atoms with Gasteiger partial charge in [-0.2, -0.15) is 5.26 Å². The summed E-state index contributed by atoms with van der Waals surface area (Å²) in [6.45, 7) is 1.94. The van der Waals surface area contributed by atoms with Crippen LogP contribution in [0.25, 0.3) is 0 Å². The summed E-state index contributed by atoms with van der Waals surface area (Å²) in [5.74, 6) is 0.638. The summed E-state index contributed by atoms with van der Waals surface area (Å²) in [7, 11) is 0. The predicted molar refractivity (Wildman–Crippen MR) is 62.7 cm³/mol. The number of halogens is 1. The third-order valence-corrected chi connectivity index (χ3v) is 2.88. The minimum Gasteiger partial charge on any atom is -0.489 e. The van der Waals surface area contributed by atoms with Gasteiger partial charge in [0.1, 0.15) is 17.9 Å². The average molecular weight is 237 g/mol. The molecule has 0 radical (unpaired) electrons. The Morgan fingerprint density at radius 3 is 2.81 bits per heavy atom. The fraction of sp³-hybridized carbons (Fsp3) is 0.417. The first-order valence-electron chi connectivity index (χ1n) is 5.36. The van der Waals surface area contributed by atoms with Crippen molar-refractivity contribution in [2.45, 2.75) is 18.9 Å². The highest BCUT2D eigenvalue weighted by Gasteiger charge is 2.16. The van der Waals surface area contributed by atoms with E-state index in [1.54, 1.807) is 18.2 Å². The second-order valence-electron chi connectivity index (χ2n) is 3.82. The van der Waals surface area contributed by atoms with Crippen LogP contribution in [0.3, 0.4) is 0 Å². The molecule has 4 heteroatoms. The van der Waals surface area contributed by atoms with Crippen LogP contribution >= 0.6 is 11.6 Å². The van der Waals surface area contributed by atoms with Crippen molar-refractivity contribution >= 4 is 11.6 Å². The van der Waals surface area contributed by atoms with Crippen LogP contribution in [-0.2, 0) is 0 Å². The van der Waals surface area contributed by atoms with E-state index in [9.17, 15) is 0 Å². The summed E-state index contributed by atoms with van der Waals surface area (Å²) < 4.78 is 5.81. The number of hydrogen-bond donors (Lipinski definition) is 1. The fourth-order valence-corrected chi connectivity index (χ4v) is 1.96. The third kappa shape index (κ3) is 2.66. The lowest BCUT2D eigenvalue weighted by molar-refractivity contribution is 0.162. The molecule has 1 saturated heterocycles. The second kappa shape index (κ2) is 5.20. The van der Waals surface area contributed by atoms with Gasteiger partial charge in [0.15, 0.2) is 0 Å². The molecule has 1 heterocycles. The number of nitrogens with zero attached hydrogens (tertiary/aromatic N) is 1. The minimum absolute atomic E-state index is 0.203. The lowest BCUT2D eigenvalue weighted by Gasteiger charge is -2.24. The van der Waals surface area contributed by atoms with E-state index in [2.05, 4.69) is 11.4 Å². The first kappa shape index (κ1) is 11.3. The highest BCUT2D eigenvalue weighted by Crippen LogP contribution is 2.24. The zero-order valence-electron chi connectivity index (χ0n) is 8.87. The predicted octanol–water partition coefficient (Wildman–Crippen LogP) is 2.34. The molecule has 0 unspecified atom stereocenters. The largest absolute Gasteiger partial charge is 0.489 e. The maximum atomic E-state index is 8.97. The monoisotopic (exact) mass is 236 g/mol. The summed E-state index contributed by atoms with van der Waals surface area (Å²) in [6.07, 6.45) is 2.16. The zero-order valence-corrected chi connectivity index (χ0v) is 9.63. The average Bonchev–Trinajstić information content (AvgIpc) is 2.33. The number of ether oxygens (including phenoxy) is 1. The molecule has 0 aliphatic carbocycles. The van der Waals surface area contributed by atoms with Gasteiger partial charge in [-0.3, -0.25) is 0 Å². The SMILES string of the molecule is N#Cc1cc(Cl)ccc1OC1CCNCC1. The van der Waals surface area contributed by atoms with Crippen molar-refractivity contribution < 1.29 is 4.74 Å². The van der Waals surface area contributed by atoms with Gasteiger partial charge < -0.3 is 10.1 Å². The molecule has 0 atom stereocenters. The number of benzene rings is 1. The summed E-state index contributed by atoms with van der Waals surface area (Å²) in [5, 5.41) is 12.8. The first-order valence-corrected chi connectivity index (χ1v) is 5.74. The maximum absolute atomic E-state index is 8.97. The van der Waals surface area contributed by atoms with Crippen LogP contribution in [-0.4, -0.2) is 19.2 Å². The summed E-state index contributed by atoms with van der Waals surface area (Å²) in [4.78, 5) is 0. The molecule has 1 N–H and O–H groups in total. The summed E-state index contributed by atoms with van der Waals surface area (Å²) >= 11 is 5.82. The smallest absolute Gasteiger partial charge is 0.137 e. The molecule has 1 aliphatic rings. The number of hydrogen-bond acceptors (Lipinski definition) is 3. The van der Waals surface area contributed by atoms with Gasteiger partial charge in [0.05, 0.1) is 5.56 Å². The van der Waals surface area contributed by atoms with Crippen LogP contribution in [0.2, 0.25) is 5.02 Å². The van der Waals surface area contributed by atoms with Crippen LogP contribution in [0.1, 0.15) is 18.4 Å². The van der Waals surface area contributed by atoms with E-state index < -0.39 is 0 Å². The van der Waals surface area contributed by atoms with E-state index in [4.69, 9.17) is 21.6 Å². The van der Waals surface area contributed by atoms with Crippen LogP contribution < -0.4 is 10.1 Å². The zero-order chi connectivity index (χ0) is 11.4. The van der Waals surface area contributed by atoms with Crippen molar-refractivity contribution in [1.82, 2.24) is 5.32 Å². The Kier molecular flexibility index (Phi) is 3.66. The molecule has 3 nitrogen and oxygen atoms in total. The number of nitrogens with one attached hydrogen (secondary N) is 1. The van der Waals surface area contributed by atoms with Gasteiger partial charge in [-0.05, 0) is 44.1 Å². The Bertz CT molecular complexity index is 408. The Balaban J connectivity index is 2.11. The lowest BCUT2D eigenvalue weighted by atomic mass is 10.1. The maximum Gasteiger partial charge on any atom is 0.137 e. The standard InChI is InChI=1S/C12H13ClN2O/c13-10-1-2-12(9(7-10)8-14)16-11-3-5-15-6-4-11/h1-2,7,11,15H,3-6H2. The summed E-state index contributed by atoms with van der Waals surface area (Å²) in [5.41, 5.74) is 0.506. The second-order valence-corrected chi connectivity index (χ2v) is 4.26. The van der Waals surface area contributed by atoms with Crippen LogP contribution in [0.5, 0.6) is 5.75 Å². The minimum atomic E-state index is 0.203. The van der Waals surface area contributed by atoms with Crippen molar-refractivity contribution in [3.63, 3.8) is 0 Å². The number of piperidine rings is 1. The van der Waals surface area contributed by atoms with E-state index in [1.807, 2.05) is 0 Å². The molecule has 2 rings (SSSR count). The molecular weight excluding hydrogens is 224 g/mol. The first-order chi connectivity index (χ1) is 7.79. The molecule has 0 aromatic heterocycles. The van der Waals surface area contributed by atoms with E-state index in [0.717, 1.165) is 25.9 Å². The van der Waals surface area contributed by atoms with Gasteiger partial charge in [-0.15, -0.1) is 0 Å². The van der Waals surface area contributed by atoms with Crippen molar-refractivity contribution in [2.75, 3.05) is 13.1 Å². The molecule has 1 aromatic carbocycles. The molecule has 0 amide bonds. The van der Waals surface area contributed by atoms with E-state index >= 15 is 0 Å². The quantitative estimate of drug-likeness (QED) is 0.857. The molecule has 1 aromatic rings. The highest BCUT2D eigenvalue weighted by atomic mass is 35.5. The van der Waals surface area contributed by atoms with Gasteiger partial charge in [0.25, 0.3) is 0 Å². The Morgan fingerprint density at radius 1 is 1.38 bits per heavy atom. The number of nitriles is 1. The van der Waals surface area contributed by atoms with E-state index in [0.29, 0.717) is 16.3 Å². The fourth-order valence-electron chi connectivity index (χ4n) is 1.79. The molecule has 84 valence electrons. The normalized spacial score (nSPS) is 16.8. The van der Waals surface area contributed by atoms with Crippen molar-refractivity contribution in [3.05, 3.63) is 28.8 Å². The summed E-state index contributed by atoms with van der Waals surface area (Å²) in [6, 6.07) is 7.25. The highest BCUT2D eigenvalue weighted by molar-refractivity contribution is 6.30. The molecule has 1 aliphatic heterocycles. The lowest BCUT2D eigenvalue weighted by Crippen LogP contribution is -2.34.